The summed E-state index contributed by atoms with van der Waals surface area (Å²) < 4.78 is 0. The average molecular weight is 223 g/mol. The molecule has 0 spiro atoms. The van der Waals surface area contributed by atoms with Crippen molar-refractivity contribution in [3.05, 3.63) is 0 Å². The van der Waals surface area contributed by atoms with E-state index in [9.17, 15) is 0 Å². The third-order valence-corrected chi connectivity index (χ3v) is 4.74. The first-order chi connectivity index (χ1) is 7.10. The molecule has 2 saturated carbocycles. The predicted octanol–water partition coefficient (Wildman–Crippen LogP) is 3.98. The van der Waals surface area contributed by atoms with Crippen molar-refractivity contribution in [1.82, 2.24) is 5.32 Å². The quantitative estimate of drug-likeness (QED) is 0.709. The van der Waals surface area contributed by atoms with Crippen molar-refractivity contribution in [2.24, 2.45) is 16.2 Å². The van der Waals surface area contributed by atoms with Crippen molar-refractivity contribution in [3.63, 3.8) is 0 Å². The van der Waals surface area contributed by atoms with Crippen LogP contribution in [0.1, 0.15) is 66.7 Å². The van der Waals surface area contributed by atoms with Gasteiger partial charge in [-0.1, -0.05) is 34.6 Å². The van der Waals surface area contributed by atoms with Crippen molar-refractivity contribution in [3.8, 4) is 0 Å². The Bertz CT molecular complexity index is 262. The fraction of sp³-hybridized carbons (Fsp3) is 1.00. The Morgan fingerprint density at radius 1 is 0.688 bits per heavy atom. The summed E-state index contributed by atoms with van der Waals surface area (Å²) in [6.45, 7) is 12.3. The molecule has 1 nitrogen and oxygen atoms in total. The summed E-state index contributed by atoms with van der Waals surface area (Å²) in [5, 5.41) is 3.69. The summed E-state index contributed by atoms with van der Waals surface area (Å²) in [4.78, 5) is 0. The van der Waals surface area contributed by atoms with E-state index in [4.69, 9.17) is 0 Å². The number of hydrogen-bond donors (Lipinski definition) is 1. The largest absolute Gasteiger partial charge is 0.314 e. The molecule has 0 aromatic carbocycles. The molecule has 0 amide bonds. The minimum atomic E-state index is 0.401. The van der Waals surface area contributed by atoms with E-state index >= 15 is 0 Å². The molecule has 0 saturated heterocycles. The van der Waals surface area contributed by atoms with Gasteiger partial charge in [-0.15, -0.1) is 0 Å². The molecular formula is C15H29N. The van der Waals surface area contributed by atoms with E-state index in [-0.39, 0.29) is 0 Å². The van der Waals surface area contributed by atoms with Crippen LogP contribution in [0.25, 0.3) is 0 Å². The van der Waals surface area contributed by atoms with E-state index in [2.05, 4.69) is 47.0 Å². The molecule has 0 radical (unpaired) electrons. The summed E-state index contributed by atoms with van der Waals surface area (Å²) in [5.74, 6) is 0. The molecular weight excluding hydrogens is 194 g/mol. The highest BCUT2D eigenvalue weighted by Gasteiger charge is 2.55. The lowest BCUT2D eigenvalue weighted by molar-refractivity contribution is -0.0688. The Kier molecular flexibility index (Phi) is 2.52. The predicted molar refractivity (Wildman–Crippen MR) is 70.5 cm³/mol. The number of hydrogen-bond acceptors (Lipinski definition) is 1. The van der Waals surface area contributed by atoms with Gasteiger partial charge in [-0.2, -0.15) is 0 Å². The molecule has 1 heteroatoms. The van der Waals surface area contributed by atoms with Gasteiger partial charge in [0.2, 0.25) is 0 Å². The molecule has 0 heterocycles. The van der Waals surface area contributed by atoms with Gasteiger partial charge in [0.1, 0.15) is 0 Å². The molecule has 0 aliphatic heterocycles. The Balaban J connectivity index is 2.36. The monoisotopic (exact) mass is 223 g/mol. The highest BCUT2D eigenvalue weighted by atomic mass is 15.0. The molecule has 16 heavy (non-hydrogen) atoms. The van der Waals surface area contributed by atoms with E-state index in [1.807, 2.05) is 0 Å². The Morgan fingerprint density at radius 3 is 1.50 bits per heavy atom. The van der Waals surface area contributed by atoms with Crippen LogP contribution in [0.4, 0.5) is 0 Å². The second-order valence-corrected chi connectivity index (χ2v) is 8.55. The molecule has 1 N–H and O–H groups in total. The maximum Gasteiger partial charge on any atom is 0.0193 e. The van der Waals surface area contributed by atoms with Crippen LogP contribution < -0.4 is 5.32 Å². The topological polar surface area (TPSA) is 12.0 Å². The first kappa shape index (κ1) is 12.4. The van der Waals surface area contributed by atoms with Crippen LogP contribution in [0.5, 0.6) is 0 Å². The van der Waals surface area contributed by atoms with E-state index < -0.39 is 0 Å². The summed E-state index contributed by atoms with van der Waals surface area (Å²) >= 11 is 0. The summed E-state index contributed by atoms with van der Waals surface area (Å²) in [6.07, 6.45) is 6.86. The van der Waals surface area contributed by atoms with Crippen LogP contribution in [-0.2, 0) is 0 Å². The molecule has 0 atom stereocenters. The first-order valence-electron chi connectivity index (χ1n) is 6.79. The van der Waals surface area contributed by atoms with Crippen LogP contribution in [0, 0.1) is 16.2 Å². The zero-order valence-corrected chi connectivity index (χ0v) is 12.0. The SMILES string of the molecule is CNC12CC(C)(C)CC(C)(CC(C)(C)C1)C2. The number of rotatable bonds is 1. The Labute approximate surface area is 101 Å². The van der Waals surface area contributed by atoms with Gasteiger partial charge in [-0.25, -0.2) is 0 Å². The average Bonchev–Trinajstić information content (AvgIpc) is 1.94. The van der Waals surface area contributed by atoms with Crippen LogP contribution >= 0.6 is 0 Å². The van der Waals surface area contributed by atoms with Crippen molar-refractivity contribution < 1.29 is 0 Å². The second-order valence-electron chi connectivity index (χ2n) is 8.55. The van der Waals surface area contributed by atoms with E-state index in [0.717, 1.165) is 0 Å². The maximum absolute atomic E-state index is 3.69. The van der Waals surface area contributed by atoms with Crippen molar-refractivity contribution in [1.29, 1.82) is 0 Å². The number of fused-ring (bicyclic) bond motifs is 2. The van der Waals surface area contributed by atoms with Crippen LogP contribution in [0.15, 0.2) is 0 Å². The van der Waals surface area contributed by atoms with E-state index in [1.54, 1.807) is 0 Å². The van der Waals surface area contributed by atoms with Crippen LogP contribution in [0.3, 0.4) is 0 Å². The second kappa shape index (κ2) is 3.25. The van der Waals surface area contributed by atoms with Gasteiger partial charge in [-0.05, 0) is 55.4 Å². The molecule has 94 valence electrons. The lowest BCUT2D eigenvalue weighted by Crippen LogP contribution is -2.60. The van der Waals surface area contributed by atoms with Crippen molar-refractivity contribution in [2.75, 3.05) is 7.05 Å². The standard InChI is InChI=1S/C15H29N/c1-12(2)7-14(5)8-13(3,4)10-15(9-12,11-14)16-6/h16H,7-11H2,1-6H3. The van der Waals surface area contributed by atoms with Crippen molar-refractivity contribution >= 4 is 0 Å². The van der Waals surface area contributed by atoms with Crippen molar-refractivity contribution in [2.45, 2.75) is 72.3 Å². The third kappa shape index (κ3) is 2.16. The summed E-state index contributed by atoms with van der Waals surface area (Å²) in [7, 11) is 2.17. The fourth-order valence-electron chi connectivity index (χ4n) is 5.72. The molecule has 0 aromatic rings. The lowest BCUT2D eigenvalue weighted by Gasteiger charge is -2.61. The normalized spacial score (nSPS) is 45.4. The third-order valence-electron chi connectivity index (χ3n) is 4.74. The molecule has 2 rings (SSSR count). The highest BCUT2D eigenvalue weighted by molar-refractivity contribution is 5.10. The summed E-state index contributed by atoms with van der Waals surface area (Å²) in [5.41, 5.74) is 1.96. The van der Waals surface area contributed by atoms with E-state index in [1.165, 1.54) is 32.1 Å². The van der Waals surface area contributed by atoms with Gasteiger partial charge in [0.05, 0.1) is 0 Å². The summed E-state index contributed by atoms with van der Waals surface area (Å²) in [6, 6.07) is 0. The molecule has 2 fully saturated rings. The lowest BCUT2D eigenvalue weighted by atomic mass is 9.47. The molecule has 0 aromatic heterocycles. The van der Waals surface area contributed by atoms with Gasteiger partial charge in [0.25, 0.3) is 0 Å². The molecule has 0 unspecified atom stereocenters. The minimum Gasteiger partial charge on any atom is -0.314 e. The number of nitrogens with one attached hydrogen (secondary N) is 1. The smallest absolute Gasteiger partial charge is 0.0193 e. The van der Waals surface area contributed by atoms with Gasteiger partial charge in [-0.3, -0.25) is 0 Å². The zero-order chi connectivity index (χ0) is 12.2. The Hall–Kier alpha value is -0.0400. The highest BCUT2D eigenvalue weighted by Crippen LogP contribution is 2.61. The van der Waals surface area contributed by atoms with Gasteiger partial charge >= 0.3 is 0 Å². The molecule has 2 bridgehead atoms. The Morgan fingerprint density at radius 2 is 1.12 bits per heavy atom. The minimum absolute atomic E-state index is 0.401. The maximum atomic E-state index is 3.69. The van der Waals surface area contributed by atoms with Crippen LogP contribution in [-0.4, -0.2) is 12.6 Å². The molecule has 2 aliphatic rings. The van der Waals surface area contributed by atoms with Crippen LogP contribution in [0.2, 0.25) is 0 Å². The van der Waals surface area contributed by atoms with Gasteiger partial charge in [0, 0.05) is 5.54 Å². The van der Waals surface area contributed by atoms with Gasteiger partial charge < -0.3 is 5.32 Å². The van der Waals surface area contributed by atoms with E-state index in [0.29, 0.717) is 21.8 Å². The molecule has 2 aliphatic carbocycles. The zero-order valence-electron chi connectivity index (χ0n) is 12.0. The first-order valence-corrected chi connectivity index (χ1v) is 6.79. The van der Waals surface area contributed by atoms with Gasteiger partial charge in [0.15, 0.2) is 0 Å². The fourth-order valence-corrected chi connectivity index (χ4v) is 5.72.